The number of rotatable bonds is 7. The van der Waals surface area contributed by atoms with Crippen LogP contribution in [0.3, 0.4) is 0 Å². The number of aromatic nitrogens is 4. The smallest absolute Gasteiger partial charge is 0.238 e. The molecule has 0 fully saturated rings. The Kier molecular flexibility index (Phi) is 7.36. The van der Waals surface area contributed by atoms with Crippen LogP contribution in [0.2, 0.25) is 0 Å². The third kappa shape index (κ3) is 4.79. The van der Waals surface area contributed by atoms with Crippen molar-refractivity contribution in [3.8, 4) is 28.7 Å². The van der Waals surface area contributed by atoms with E-state index >= 15 is 0 Å². The van der Waals surface area contributed by atoms with Gasteiger partial charge in [-0.1, -0.05) is 164 Å². The first kappa shape index (κ1) is 30.4. The molecule has 0 bridgehead atoms. The van der Waals surface area contributed by atoms with Crippen LogP contribution in [0.1, 0.15) is 29.2 Å². The Morgan fingerprint density at radius 1 is 0.569 bits per heavy atom. The largest absolute Gasteiger partial charge is 0.278 e. The van der Waals surface area contributed by atoms with Crippen molar-refractivity contribution in [1.82, 2.24) is 19.5 Å². The molecule has 0 saturated carbocycles. The molecule has 0 saturated heterocycles. The molecule has 0 unspecified atom stereocenters. The zero-order valence-electron chi connectivity index (χ0n) is 28.2. The van der Waals surface area contributed by atoms with Crippen LogP contribution in [0.4, 0.5) is 0 Å². The van der Waals surface area contributed by atoms with Gasteiger partial charge in [-0.2, -0.15) is 9.97 Å². The molecular weight excluding hydrogens is 621 g/mol. The fourth-order valence-electron chi connectivity index (χ4n) is 7.93. The summed E-state index contributed by atoms with van der Waals surface area (Å²) in [6.07, 6.45) is 6.10. The highest BCUT2D eigenvalue weighted by Gasteiger charge is 2.45. The highest BCUT2D eigenvalue weighted by molar-refractivity contribution is 6.11. The SMILES string of the molecule is C=C/C=C\C1=C(C)C(c2ccccc2)(c2ccccc2)c2cc3c4ccccc4n(-c4nc(-c5ccccc5)nc(-c5ccccc5)n4)c3cc21. The molecule has 51 heavy (non-hydrogen) atoms. The molecule has 1 aliphatic carbocycles. The number of benzene rings is 6. The van der Waals surface area contributed by atoms with E-state index in [1.807, 2.05) is 72.8 Å². The summed E-state index contributed by atoms with van der Waals surface area (Å²) in [5.41, 5.74) is 10.8. The third-order valence-corrected chi connectivity index (χ3v) is 10.2. The number of hydrogen-bond acceptors (Lipinski definition) is 3. The van der Waals surface area contributed by atoms with E-state index in [2.05, 4.69) is 121 Å². The molecule has 2 aromatic heterocycles. The Labute approximate surface area is 297 Å². The predicted octanol–water partition coefficient (Wildman–Crippen LogP) is 11.2. The molecule has 6 aromatic carbocycles. The van der Waals surface area contributed by atoms with Gasteiger partial charge in [0.05, 0.1) is 16.4 Å². The van der Waals surface area contributed by atoms with Crippen molar-refractivity contribution in [2.45, 2.75) is 12.3 Å². The lowest BCUT2D eigenvalue weighted by atomic mass is 9.67. The fraction of sp³-hybridized carbons (Fsp3) is 0.0426. The first-order valence-electron chi connectivity index (χ1n) is 17.3. The molecule has 9 rings (SSSR count). The Bertz CT molecular complexity index is 2540. The molecule has 0 radical (unpaired) electrons. The minimum atomic E-state index is -0.496. The predicted molar refractivity (Wildman–Crippen MR) is 210 cm³/mol. The van der Waals surface area contributed by atoms with Gasteiger partial charge in [-0.15, -0.1) is 0 Å². The van der Waals surface area contributed by atoms with Gasteiger partial charge in [0.15, 0.2) is 11.6 Å². The Hall–Kier alpha value is -6.65. The fourth-order valence-corrected chi connectivity index (χ4v) is 7.93. The lowest BCUT2D eigenvalue weighted by Crippen LogP contribution is -2.28. The van der Waals surface area contributed by atoms with Crippen molar-refractivity contribution >= 4 is 27.4 Å². The average Bonchev–Trinajstić information content (AvgIpc) is 3.65. The van der Waals surface area contributed by atoms with Gasteiger partial charge in [-0.3, -0.25) is 4.57 Å². The zero-order valence-corrected chi connectivity index (χ0v) is 28.2. The van der Waals surface area contributed by atoms with E-state index in [0.29, 0.717) is 17.6 Å². The second-order valence-electron chi connectivity index (χ2n) is 12.9. The van der Waals surface area contributed by atoms with Crippen molar-refractivity contribution in [1.29, 1.82) is 0 Å². The Morgan fingerprint density at radius 2 is 1.10 bits per heavy atom. The minimum Gasteiger partial charge on any atom is -0.278 e. The molecule has 0 N–H and O–H groups in total. The van der Waals surface area contributed by atoms with Crippen LogP contribution in [-0.4, -0.2) is 19.5 Å². The van der Waals surface area contributed by atoms with Gasteiger partial charge in [0.25, 0.3) is 0 Å². The highest BCUT2D eigenvalue weighted by atomic mass is 15.2. The van der Waals surface area contributed by atoms with Crippen molar-refractivity contribution < 1.29 is 0 Å². The molecule has 0 aliphatic heterocycles. The van der Waals surface area contributed by atoms with Crippen LogP contribution in [0, 0.1) is 0 Å². The maximum Gasteiger partial charge on any atom is 0.238 e. The first-order valence-corrected chi connectivity index (χ1v) is 17.3. The summed E-state index contributed by atoms with van der Waals surface area (Å²) in [5, 5.41) is 2.28. The van der Waals surface area contributed by atoms with Gasteiger partial charge in [-0.05, 0) is 58.5 Å². The normalized spacial score (nSPS) is 13.7. The summed E-state index contributed by atoms with van der Waals surface area (Å²) in [4.78, 5) is 15.3. The standard InChI is InChI=1S/C47H34N4/c1-3-4-27-37-32(2)47(35-23-13-7-14-24-35,36-25-15-8-16-26-36)41-30-40-38-28-17-18-29-42(38)51(43(40)31-39(37)41)46-49-44(33-19-9-5-10-20-33)48-45(50-46)34-21-11-6-12-22-34/h3-31H,1H2,2H3/b27-4-. The Balaban J connectivity index is 1.40. The van der Waals surface area contributed by atoms with Crippen LogP contribution < -0.4 is 0 Å². The van der Waals surface area contributed by atoms with Crippen LogP contribution in [0.15, 0.2) is 188 Å². The summed E-state index contributed by atoms with van der Waals surface area (Å²) in [6, 6.07) is 55.4. The van der Waals surface area contributed by atoms with Crippen molar-refractivity contribution in [3.05, 3.63) is 210 Å². The zero-order chi connectivity index (χ0) is 34.4. The van der Waals surface area contributed by atoms with Gasteiger partial charge >= 0.3 is 0 Å². The van der Waals surface area contributed by atoms with Gasteiger partial charge in [0.1, 0.15) is 0 Å². The van der Waals surface area contributed by atoms with E-state index in [1.54, 1.807) is 0 Å². The topological polar surface area (TPSA) is 43.6 Å². The van der Waals surface area contributed by atoms with Gasteiger partial charge in [-0.25, -0.2) is 4.98 Å². The van der Waals surface area contributed by atoms with Gasteiger partial charge in [0, 0.05) is 21.9 Å². The van der Waals surface area contributed by atoms with E-state index in [4.69, 9.17) is 15.0 Å². The third-order valence-electron chi connectivity index (χ3n) is 10.2. The Morgan fingerprint density at radius 3 is 1.67 bits per heavy atom. The van der Waals surface area contributed by atoms with Gasteiger partial charge < -0.3 is 0 Å². The summed E-state index contributed by atoms with van der Waals surface area (Å²) in [5.74, 6) is 1.83. The van der Waals surface area contributed by atoms with Crippen molar-refractivity contribution in [2.24, 2.45) is 0 Å². The maximum atomic E-state index is 5.17. The van der Waals surface area contributed by atoms with Crippen LogP contribution in [-0.2, 0) is 5.41 Å². The number of para-hydroxylation sites is 1. The summed E-state index contributed by atoms with van der Waals surface area (Å²) in [7, 11) is 0. The molecule has 0 atom stereocenters. The molecule has 1 aliphatic rings. The summed E-state index contributed by atoms with van der Waals surface area (Å²) >= 11 is 0. The van der Waals surface area contributed by atoms with Crippen LogP contribution in [0.5, 0.6) is 0 Å². The molecule has 8 aromatic rings. The number of allylic oxidation sites excluding steroid dienone is 5. The summed E-state index contributed by atoms with van der Waals surface area (Å²) in [6.45, 7) is 6.30. The number of hydrogen-bond donors (Lipinski definition) is 0. The van der Waals surface area contributed by atoms with E-state index in [1.165, 1.54) is 33.4 Å². The van der Waals surface area contributed by atoms with E-state index < -0.39 is 5.41 Å². The van der Waals surface area contributed by atoms with E-state index in [0.717, 1.165) is 32.9 Å². The highest BCUT2D eigenvalue weighted by Crippen LogP contribution is 2.56. The molecule has 242 valence electrons. The van der Waals surface area contributed by atoms with Crippen molar-refractivity contribution in [2.75, 3.05) is 0 Å². The number of fused-ring (bicyclic) bond motifs is 4. The monoisotopic (exact) mass is 654 g/mol. The van der Waals surface area contributed by atoms with Gasteiger partial charge in [0.2, 0.25) is 5.95 Å². The second-order valence-corrected chi connectivity index (χ2v) is 12.9. The molecule has 2 heterocycles. The maximum absolute atomic E-state index is 5.17. The van der Waals surface area contributed by atoms with Crippen molar-refractivity contribution in [3.63, 3.8) is 0 Å². The molecule has 0 spiro atoms. The van der Waals surface area contributed by atoms with E-state index in [-0.39, 0.29) is 0 Å². The van der Waals surface area contributed by atoms with Crippen LogP contribution in [0.25, 0.3) is 56.1 Å². The quantitative estimate of drug-likeness (QED) is 0.161. The molecule has 0 amide bonds. The van der Waals surface area contributed by atoms with Crippen LogP contribution >= 0.6 is 0 Å². The molecular formula is C47H34N4. The molecule has 4 nitrogen and oxygen atoms in total. The molecule has 4 heteroatoms. The number of nitrogens with zero attached hydrogens (tertiary/aromatic N) is 4. The lowest BCUT2D eigenvalue weighted by molar-refractivity contribution is 0.744. The average molecular weight is 655 g/mol. The minimum absolute atomic E-state index is 0.496. The summed E-state index contributed by atoms with van der Waals surface area (Å²) < 4.78 is 2.21. The lowest BCUT2D eigenvalue weighted by Gasteiger charge is -2.34. The van der Waals surface area contributed by atoms with E-state index in [9.17, 15) is 0 Å². The second kappa shape index (κ2) is 12.3. The first-order chi connectivity index (χ1) is 25.2.